The average molecular weight is 274 g/mol. The van der Waals surface area contributed by atoms with Gasteiger partial charge < -0.3 is 9.84 Å². The number of hydrogen-bond donors (Lipinski definition) is 2. The van der Waals surface area contributed by atoms with Crippen LogP contribution >= 0.6 is 0 Å². The van der Waals surface area contributed by atoms with Crippen LogP contribution in [0.4, 0.5) is 0 Å². The fraction of sp³-hybridized carbons (Fsp3) is 0.333. The number of nitrogens with one attached hydrogen (secondary N) is 1. The van der Waals surface area contributed by atoms with E-state index in [4.69, 9.17) is 4.74 Å². The van der Waals surface area contributed by atoms with Crippen molar-refractivity contribution in [2.45, 2.75) is 25.7 Å². The van der Waals surface area contributed by atoms with Crippen molar-refractivity contribution in [3.63, 3.8) is 0 Å². The first-order valence-corrected chi connectivity index (χ1v) is 6.67. The Morgan fingerprint density at radius 3 is 3.00 bits per heavy atom. The minimum absolute atomic E-state index is 0.0378. The molecule has 0 aromatic heterocycles. The Labute approximate surface area is 118 Å². The van der Waals surface area contributed by atoms with Crippen molar-refractivity contribution in [2.75, 3.05) is 6.61 Å². The standard InChI is InChI=1S/C15H18N2O3/c18-14-9-5-4-6-12(14)10-16-17-15(19)11-20-13-7-2-1-3-8-13/h4-7,9-10,18H,1-3,8,11H2,(H,17,19)/b16-10+. The number of ether oxygens (including phenoxy) is 1. The van der Waals surface area contributed by atoms with Gasteiger partial charge in [0.25, 0.3) is 5.91 Å². The van der Waals surface area contributed by atoms with Crippen LogP contribution in [0.25, 0.3) is 0 Å². The number of hydrogen-bond acceptors (Lipinski definition) is 4. The van der Waals surface area contributed by atoms with E-state index in [-0.39, 0.29) is 18.3 Å². The maximum Gasteiger partial charge on any atom is 0.277 e. The first-order valence-electron chi connectivity index (χ1n) is 6.67. The molecule has 0 radical (unpaired) electrons. The monoisotopic (exact) mass is 274 g/mol. The molecule has 0 unspecified atom stereocenters. The highest BCUT2D eigenvalue weighted by atomic mass is 16.5. The maximum absolute atomic E-state index is 11.5. The molecule has 20 heavy (non-hydrogen) atoms. The van der Waals surface area contributed by atoms with Gasteiger partial charge in [-0.15, -0.1) is 0 Å². The molecule has 0 saturated heterocycles. The van der Waals surface area contributed by atoms with Gasteiger partial charge in [0.15, 0.2) is 6.61 Å². The van der Waals surface area contributed by atoms with Crippen molar-refractivity contribution in [3.05, 3.63) is 41.7 Å². The number of aromatic hydroxyl groups is 1. The first kappa shape index (κ1) is 14.1. The third kappa shape index (κ3) is 4.42. The van der Waals surface area contributed by atoms with Gasteiger partial charge in [0, 0.05) is 12.0 Å². The Bertz CT molecular complexity index is 524. The Kier molecular flexibility index (Phi) is 5.17. The molecule has 5 nitrogen and oxygen atoms in total. The number of phenols is 1. The van der Waals surface area contributed by atoms with Crippen LogP contribution in [0.1, 0.15) is 31.2 Å². The Hall–Kier alpha value is -2.30. The van der Waals surface area contributed by atoms with E-state index >= 15 is 0 Å². The number of hydrazone groups is 1. The van der Waals surface area contributed by atoms with Crippen molar-refractivity contribution in [3.8, 4) is 5.75 Å². The molecule has 0 bridgehead atoms. The highest BCUT2D eigenvalue weighted by Crippen LogP contribution is 2.17. The van der Waals surface area contributed by atoms with Gasteiger partial charge in [-0.05, 0) is 37.5 Å². The Morgan fingerprint density at radius 2 is 2.25 bits per heavy atom. The fourth-order valence-electron chi connectivity index (χ4n) is 1.90. The minimum atomic E-state index is -0.317. The first-order chi connectivity index (χ1) is 9.75. The normalized spacial score (nSPS) is 14.9. The zero-order chi connectivity index (χ0) is 14.2. The molecule has 0 spiro atoms. The fourth-order valence-corrected chi connectivity index (χ4v) is 1.90. The van der Waals surface area contributed by atoms with E-state index in [0.717, 1.165) is 25.0 Å². The number of nitrogens with zero attached hydrogens (tertiary/aromatic N) is 1. The van der Waals surface area contributed by atoms with Crippen LogP contribution in [0.2, 0.25) is 0 Å². The average Bonchev–Trinajstić information content (AvgIpc) is 2.48. The molecular formula is C15H18N2O3. The van der Waals surface area contributed by atoms with Gasteiger partial charge in [0.1, 0.15) is 5.75 Å². The third-order valence-electron chi connectivity index (χ3n) is 2.97. The largest absolute Gasteiger partial charge is 0.507 e. The van der Waals surface area contributed by atoms with E-state index in [2.05, 4.69) is 10.5 Å². The summed E-state index contributed by atoms with van der Waals surface area (Å²) in [6.45, 7) is -0.0378. The highest BCUT2D eigenvalue weighted by molar-refractivity contribution is 5.85. The van der Waals surface area contributed by atoms with Gasteiger partial charge in [-0.25, -0.2) is 5.43 Å². The van der Waals surface area contributed by atoms with Gasteiger partial charge in [0.05, 0.1) is 12.0 Å². The van der Waals surface area contributed by atoms with Crippen LogP contribution in [0.15, 0.2) is 41.2 Å². The molecule has 0 fully saturated rings. The van der Waals surface area contributed by atoms with E-state index in [1.165, 1.54) is 12.6 Å². The smallest absolute Gasteiger partial charge is 0.277 e. The third-order valence-corrected chi connectivity index (χ3v) is 2.97. The number of carbonyl (C=O) groups is 1. The van der Waals surface area contributed by atoms with Gasteiger partial charge in [-0.1, -0.05) is 12.1 Å². The molecule has 1 aliphatic rings. The molecule has 0 saturated carbocycles. The summed E-state index contributed by atoms with van der Waals surface area (Å²) < 4.78 is 5.40. The van der Waals surface area contributed by atoms with Crippen molar-refractivity contribution >= 4 is 12.1 Å². The number of benzene rings is 1. The van der Waals surface area contributed by atoms with E-state index in [1.54, 1.807) is 24.3 Å². The second-order valence-electron chi connectivity index (χ2n) is 4.56. The highest BCUT2D eigenvalue weighted by Gasteiger charge is 2.07. The maximum atomic E-state index is 11.5. The Balaban J connectivity index is 1.75. The lowest BCUT2D eigenvalue weighted by atomic mass is 10.1. The molecule has 106 valence electrons. The van der Waals surface area contributed by atoms with Crippen LogP contribution in [0.3, 0.4) is 0 Å². The van der Waals surface area contributed by atoms with Crippen LogP contribution in [0, 0.1) is 0 Å². The number of phenolic OH excluding ortho intramolecular Hbond substituents is 1. The van der Waals surface area contributed by atoms with Crippen LogP contribution in [-0.2, 0) is 9.53 Å². The van der Waals surface area contributed by atoms with Gasteiger partial charge >= 0.3 is 0 Å². The molecule has 1 amide bonds. The van der Waals surface area contributed by atoms with Crippen molar-refractivity contribution < 1.29 is 14.6 Å². The molecule has 1 aliphatic carbocycles. The van der Waals surface area contributed by atoms with Crippen molar-refractivity contribution in [1.82, 2.24) is 5.43 Å². The zero-order valence-corrected chi connectivity index (χ0v) is 11.2. The zero-order valence-electron chi connectivity index (χ0n) is 11.2. The van der Waals surface area contributed by atoms with Crippen molar-refractivity contribution in [2.24, 2.45) is 5.10 Å². The summed E-state index contributed by atoms with van der Waals surface area (Å²) in [6.07, 6.45) is 7.63. The number of carbonyl (C=O) groups excluding carboxylic acids is 1. The predicted octanol–water partition coefficient (Wildman–Crippen LogP) is 2.32. The van der Waals surface area contributed by atoms with E-state index in [1.807, 2.05) is 6.08 Å². The second-order valence-corrected chi connectivity index (χ2v) is 4.56. The molecule has 1 aromatic rings. The summed E-state index contributed by atoms with van der Waals surface area (Å²) in [5.74, 6) is 0.688. The summed E-state index contributed by atoms with van der Waals surface area (Å²) >= 11 is 0. The molecule has 0 heterocycles. The predicted molar refractivity (Wildman–Crippen MR) is 76.3 cm³/mol. The van der Waals surface area contributed by atoms with Crippen molar-refractivity contribution in [1.29, 1.82) is 0 Å². The lowest BCUT2D eigenvalue weighted by molar-refractivity contribution is -0.124. The Morgan fingerprint density at radius 1 is 1.40 bits per heavy atom. The SMILES string of the molecule is O=C(COC1=CCCCC1)N/N=C/c1ccccc1O. The van der Waals surface area contributed by atoms with Gasteiger partial charge in [-0.2, -0.15) is 5.10 Å². The molecule has 0 atom stereocenters. The summed E-state index contributed by atoms with van der Waals surface area (Å²) in [7, 11) is 0. The number of allylic oxidation sites excluding steroid dienone is 2. The van der Waals surface area contributed by atoms with Gasteiger partial charge in [-0.3, -0.25) is 4.79 Å². The lowest BCUT2D eigenvalue weighted by Crippen LogP contribution is -2.23. The molecule has 2 rings (SSSR count). The van der Waals surface area contributed by atoms with E-state index < -0.39 is 0 Å². The molecule has 0 aliphatic heterocycles. The summed E-state index contributed by atoms with van der Waals surface area (Å²) in [5.41, 5.74) is 2.91. The molecular weight excluding hydrogens is 256 g/mol. The molecule has 2 N–H and O–H groups in total. The number of amides is 1. The van der Waals surface area contributed by atoms with E-state index in [9.17, 15) is 9.90 Å². The summed E-state index contributed by atoms with van der Waals surface area (Å²) in [5, 5.41) is 13.3. The van der Waals surface area contributed by atoms with E-state index in [0.29, 0.717) is 5.56 Å². The number of para-hydroxylation sites is 1. The quantitative estimate of drug-likeness (QED) is 0.639. The molecule has 5 heteroatoms. The summed E-state index contributed by atoms with van der Waals surface area (Å²) in [6, 6.07) is 6.76. The van der Waals surface area contributed by atoms with Gasteiger partial charge in [0.2, 0.25) is 0 Å². The number of rotatable bonds is 5. The minimum Gasteiger partial charge on any atom is -0.507 e. The second kappa shape index (κ2) is 7.33. The molecule has 1 aromatic carbocycles. The summed E-state index contributed by atoms with van der Waals surface area (Å²) in [4.78, 5) is 11.5. The topological polar surface area (TPSA) is 70.9 Å². The lowest BCUT2D eigenvalue weighted by Gasteiger charge is -2.13. The van der Waals surface area contributed by atoms with Crippen LogP contribution < -0.4 is 5.43 Å². The van der Waals surface area contributed by atoms with Crippen LogP contribution in [-0.4, -0.2) is 23.8 Å². The van der Waals surface area contributed by atoms with Crippen LogP contribution in [0.5, 0.6) is 5.75 Å².